The Kier molecular flexibility index (Phi) is 4.62. The van der Waals surface area contributed by atoms with Gasteiger partial charge in [0.25, 0.3) is 0 Å². The average Bonchev–Trinajstić information content (AvgIpc) is 2.49. The Balaban J connectivity index is 1.55. The monoisotopic (exact) mass is 273 g/mol. The Morgan fingerprint density at radius 1 is 1.21 bits per heavy atom. The topological polar surface area (TPSA) is 12.0 Å². The first-order chi connectivity index (χ1) is 9.43. The van der Waals surface area contributed by atoms with Gasteiger partial charge in [-0.15, -0.1) is 11.8 Å². The van der Waals surface area contributed by atoms with E-state index in [0.717, 1.165) is 6.54 Å². The molecular weight excluding hydrogens is 250 g/mol. The number of benzene rings is 1. The Morgan fingerprint density at radius 3 is 3.05 bits per heavy atom. The van der Waals surface area contributed by atoms with Gasteiger partial charge in [-0.1, -0.05) is 29.8 Å². The second-order valence-electron chi connectivity index (χ2n) is 5.54. The molecule has 1 aliphatic heterocycles. The molecule has 0 saturated carbocycles. The van der Waals surface area contributed by atoms with E-state index in [0.29, 0.717) is 6.04 Å². The first kappa shape index (κ1) is 13.3. The van der Waals surface area contributed by atoms with Crippen molar-refractivity contribution in [2.75, 3.05) is 12.3 Å². The fourth-order valence-electron chi connectivity index (χ4n) is 3.09. The van der Waals surface area contributed by atoms with Crippen molar-refractivity contribution in [2.24, 2.45) is 0 Å². The van der Waals surface area contributed by atoms with E-state index in [1.165, 1.54) is 54.7 Å². The Bertz CT molecular complexity index is 452. The van der Waals surface area contributed by atoms with Gasteiger partial charge in [-0.25, -0.2) is 0 Å². The molecule has 1 aliphatic carbocycles. The molecule has 0 radical (unpaired) electrons. The predicted octanol–water partition coefficient (Wildman–Crippen LogP) is 4.70. The summed E-state index contributed by atoms with van der Waals surface area (Å²) < 4.78 is 0. The van der Waals surface area contributed by atoms with Crippen molar-refractivity contribution in [3.05, 3.63) is 41.5 Å². The van der Waals surface area contributed by atoms with E-state index in [4.69, 9.17) is 0 Å². The normalized spacial score (nSPS) is 22.7. The van der Waals surface area contributed by atoms with Crippen LogP contribution in [0.1, 0.15) is 50.1 Å². The third-order valence-electron chi connectivity index (χ3n) is 4.18. The summed E-state index contributed by atoms with van der Waals surface area (Å²) in [5.41, 5.74) is 3.19. The largest absolute Gasteiger partial charge is 0.310 e. The van der Waals surface area contributed by atoms with Crippen molar-refractivity contribution in [2.45, 2.75) is 49.5 Å². The van der Waals surface area contributed by atoms with E-state index in [1.807, 2.05) is 11.8 Å². The zero-order valence-corrected chi connectivity index (χ0v) is 12.3. The molecule has 1 atom stereocenters. The molecule has 0 aromatic heterocycles. The van der Waals surface area contributed by atoms with Gasteiger partial charge in [0, 0.05) is 10.9 Å². The van der Waals surface area contributed by atoms with Gasteiger partial charge in [-0.2, -0.15) is 0 Å². The minimum absolute atomic E-state index is 0.571. The van der Waals surface area contributed by atoms with Crippen molar-refractivity contribution in [1.82, 2.24) is 5.32 Å². The van der Waals surface area contributed by atoms with E-state index in [-0.39, 0.29) is 0 Å². The zero-order valence-electron chi connectivity index (χ0n) is 11.5. The molecule has 1 aromatic carbocycles. The van der Waals surface area contributed by atoms with Gasteiger partial charge in [-0.3, -0.25) is 0 Å². The quantitative estimate of drug-likeness (QED) is 0.798. The third-order valence-corrected chi connectivity index (χ3v) is 5.30. The molecule has 2 heteroatoms. The van der Waals surface area contributed by atoms with Crippen LogP contribution >= 0.6 is 11.8 Å². The summed E-state index contributed by atoms with van der Waals surface area (Å²) in [6, 6.07) is 9.45. The molecule has 0 saturated heterocycles. The maximum Gasteiger partial charge on any atom is 0.0339 e. The summed E-state index contributed by atoms with van der Waals surface area (Å²) in [7, 11) is 0. The Labute approximate surface area is 120 Å². The van der Waals surface area contributed by atoms with Crippen molar-refractivity contribution in [3.8, 4) is 0 Å². The summed E-state index contributed by atoms with van der Waals surface area (Å²) in [4.78, 5) is 1.48. The summed E-state index contributed by atoms with van der Waals surface area (Å²) in [5.74, 6) is 1.25. The highest BCUT2D eigenvalue weighted by molar-refractivity contribution is 7.99. The molecule has 1 N–H and O–H groups in total. The molecule has 0 spiro atoms. The molecular formula is C17H23NS. The highest BCUT2D eigenvalue weighted by Crippen LogP contribution is 2.35. The lowest BCUT2D eigenvalue weighted by Gasteiger charge is -2.26. The van der Waals surface area contributed by atoms with Gasteiger partial charge in [0.2, 0.25) is 0 Å². The van der Waals surface area contributed by atoms with Crippen LogP contribution in [-0.4, -0.2) is 12.3 Å². The van der Waals surface area contributed by atoms with Crippen LogP contribution < -0.4 is 5.32 Å². The summed E-state index contributed by atoms with van der Waals surface area (Å²) in [6.07, 6.45) is 10.4. The van der Waals surface area contributed by atoms with Gasteiger partial charge in [0.05, 0.1) is 0 Å². The fraction of sp³-hybridized carbons (Fsp3) is 0.529. The molecule has 1 nitrogen and oxygen atoms in total. The van der Waals surface area contributed by atoms with Gasteiger partial charge in [-0.05, 0) is 62.5 Å². The second-order valence-corrected chi connectivity index (χ2v) is 6.68. The lowest BCUT2D eigenvalue weighted by atomic mass is 9.97. The lowest BCUT2D eigenvalue weighted by Crippen LogP contribution is -2.25. The molecule has 1 aromatic rings. The van der Waals surface area contributed by atoms with Crippen LogP contribution in [0.15, 0.2) is 40.8 Å². The Morgan fingerprint density at radius 2 is 2.16 bits per heavy atom. The molecule has 2 aliphatic rings. The lowest BCUT2D eigenvalue weighted by molar-refractivity contribution is 0.507. The van der Waals surface area contributed by atoms with Gasteiger partial charge in [0.15, 0.2) is 0 Å². The van der Waals surface area contributed by atoms with E-state index >= 15 is 0 Å². The minimum Gasteiger partial charge on any atom is -0.310 e. The van der Waals surface area contributed by atoms with Gasteiger partial charge >= 0.3 is 0 Å². The molecule has 102 valence electrons. The van der Waals surface area contributed by atoms with Crippen LogP contribution in [0, 0.1) is 0 Å². The Hall–Kier alpha value is -0.730. The van der Waals surface area contributed by atoms with Crippen molar-refractivity contribution in [1.29, 1.82) is 0 Å². The number of fused-ring (bicyclic) bond motifs is 1. The highest BCUT2D eigenvalue weighted by atomic mass is 32.2. The van der Waals surface area contributed by atoms with Gasteiger partial charge in [0.1, 0.15) is 0 Å². The number of hydrogen-bond acceptors (Lipinski definition) is 2. The molecule has 0 bridgehead atoms. The highest BCUT2D eigenvalue weighted by Gasteiger charge is 2.19. The SMILES string of the molecule is C1=C(CCNC2CCSc3ccccc32)CCCC1. The number of allylic oxidation sites excluding steroid dienone is 1. The van der Waals surface area contributed by atoms with E-state index in [2.05, 4.69) is 35.7 Å². The van der Waals surface area contributed by atoms with Crippen LogP contribution in [0.4, 0.5) is 0 Å². The maximum absolute atomic E-state index is 3.77. The van der Waals surface area contributed by atoms with Crippen LogP contribution in [0.2, 0.25) is 0 Å². The molecule has 3 rings (SSSR count). The average molecular weight is 273 g/mol. The smallest absolute Gasteiger partial charge is 0.0339 e. The van der Waals surface area contributed by atoms with Crippen molar-refractivity contribution >= 4 is 11.8 Å². The van der Waals surface area contributed by atoms with Gasteiger partial charge < -0.3 is 5.32 Å². The fourth-order valence-corrected chi connectivity index (χ4v) is 4.22. The molecule has 0 fully saturated rings. The minimum atomic E-state index is 0.571. The van der Waals surface area contributed by atoms with Crippen LogP contribution in [-0.2, 0) is 0 Å². The molecule has 0 amide bonds. The van der Waals surface area contributed by atoms with Crippen molar-refractivity contribution < 1.29 is 0 Å². The summed E-state index contributed by atoms with van der Waals surface area (Å²) >= 11 is 2.00. The molecule has 1 unspecified atom stereocenters. The molecule has 19 heavy (non-hydrogen) atoms. The van der Waals surface area contributed by atoms with E-state index in [1.54, 1.807) is 5.57 Å². The van der Waals surface area contributed by atoms with E-state index in [9.17, 15) is 0 Å². The number of rotatable bonds is 4. The van der Waals surface area contributed by atoms with Crippen LogP contribution in [0.5, 0.6) is 0 Å². The number of hydrogen-bond donors (Lipinski definition) is 1. The van der Waals surface area contributed by atoms with Crippen LogP contribution in [0.25, 0.3) is 0 Å². The third kappa shape index (κ3) is 3.43. The van der Waals surface area contributed by atoms with Crippen LogP contribution in [0.3, 0.4) is 0 Å². The maximum atomic E-state index is 3.77. The zero-order chi connectivity index (χ0) is 12.9. The summed E-state index contributed by atoms with van der Waals surface area (Å²) in [6.45, 7) is 1.13. The summed E-state index contributed by atoms with van der Waals surface area (Å²) in [5, 5.41) is 3.77. The predicted molar refractivity (Wildman–Crippen MR) is 83.7 cm³/mol. The number of nitrogens with one attached hydrogen (secondary N) is 1. The first-order valence-electron chi connectivity index (χ1n) is 7.56. The van der Waals surface area contributed by atoms with E-state index < -0.39 is 0 Å². The second kappa shape index (κ2) is 6.62. The first-order valence-corrected chi connectivity index (χ1v) is 8.55. The molecule has 1 heterocycles. The number of thioether (sulfide) groups is 1. The standard InChI is InChI=1S/C17H23NS/c1-2-6-14(7-3-1)10-12-18-16-11-13-19-17-9-5-4-8-15(16)17/h4-6,8-9,16,18H,1-3,7,10-13H2. The van der Waals surface area contributed by atoms with Crippen molar-refractivity contribution in [3.63, 3.8) is 0 Å².